The topological polar surface area (TPSA) is 81.7 Å². The van der Waals surface area contributed by atoms with Gasteiger partial charge in [-0.3, -0.25) is 0 Å². The standard InChI is InChI=1S/C10H16N6O/c1-10(2,3)12-4-8-5-16(15-13-8)6-9-11-7-17-14-9/h5,7,12H,4,6H2,1-3H3. The third kappa shape index (κ3) is 3.63. The van der Waals surface area contributed by atoms with E-state index in [1.807, 2.05) is 6.20 Å². The lowest BCUT2D eigenvalue weighted by atomic mass is 10.1. The highest BCUT2D eigenvalue weighted by Crippen LogP contribution is 2.02. The minimum Gasteiger partial charge on any atom is -0.343 e. The number of rotatable bonds is 4. The van der Waals surface area contributed by atoms with Gasteiger partial charge in [-0.15, -0.1) is 5.10 Å². The molecule has 2 aromatic heterocycles. The lowest BCUT2D eigenvalue weighted by molar-refractivity contribution is 0.406. The number of nitrogens with zero attached hydrogens (tertiary/aromatic N) is 5. The summed E-state index contributed by atoms with van der Waals surface area (Å²) in [5.41, 5.74) is 0.959. The number of hydrogen-bond acceptors (Lipinski definition) is 6. The van der Waals surface area contributed by atoms with Crippen LogP contribution < -0.4 is 5.32 Å². The number of nitrogens with one attached hydrogen (secondary N) is 1. The lowest BCUT2D eigenvalue weighted by Gasteiger charge is -2.19. The van der Waals surface area contributed by atoms with Crippen molar-refractivity contribution in [2.24, 2.45) is 0 Å². The van der Waals surface area contributed by atoms with E-state index < -0.39 is 0 Å². The summed E-state index contributed by atoms with van der Waals surface area (Å²) in [4.78, 5) is 3.92. The molecule has 0 aromatic carbocycles. The zero-order valence-electron chi connectivity index (χ0n) is 10.2. The lowest BCUT2D eigenvalue weighted by Crippen LogP contribution is -2.35. The highest BCUT2D eigenvalue weighted by atomic mass is 16.5. The molecule has 0 amide bonds. The van der Waals surface area contributed by atoms with Gasteiger partial charge in [0.1, 0.15) is 6.54 Å². The van der Waals surface area contributed by atoms with Gasteiger partial charge in [0.25, 0.3) is 0 Å². The predicted octanol–water partition coefficient (Wildman–Crippen LogP) is 0.597. The first-order valence-corrected chi connectivity index (χ1v) is 5.42. The van der Waals surface area contributed by atoms with Crippen molar-refractivity contribution in [1.29, 1.82) is 0 Å². The second-order valence-electron chi connectivity index (χ2n) is 4.86. The first-order chi connectivity index (χ1) is 8.03. The zero-order valence-corrected chi connectivity index (χ0v) is 10.2. The van der Waals surface area contributed by atoms with E-state index in [2.05, 4.69) is 51.1 Å². The van der Waals surface area contributed by atoms with Gasteiger partial charge in [0.05, 0.1) is 11.9 Å². The molecule has 0 aliphatic carbocycles. The number of hydrogen-bond donors (Lipinski definition) is 1. The van der Waals surface area contributed by atoms with Crippen LogP contribution in [0.1, 0.15) is 32.3 Å². The molecule has 2 aromatic rings. The number of aromatic nitrogens is 5. The van der Waals surface area contributed by atoms with Gasteiger partial charge in [-0.25, -0.2) is 4.68 Å². The summed E-state index contributed by atoms with van der Waals surface area (Å²) in [5.74, 6) is 0.588. The molecule has 1 N–H and O–H groups in total. The smallest absolute Gasteiger partial charge is 0.213 e. The van der Waals surface area contributed by atoms with E-state index in [0.29, 0.717) is 18.9 Å². The molecule has 92 valence electrons. The summed E-state index contributed by atoms with van der Waals surface area (Å²) in [6.45, 7) is 7.49. The summed E-state index contributed by atoms with van der Waals surface area (Å²) in [5, 5.41) is 15.1. The van der Waals surface area contributed by atoms with Gasteiger partial charge in [-0.1, -0.05) is 10.4 Å². The van der Waals surface area contributed by atoms with Crippen LogP contribution in [0.15, 0.2) is 17.1 Å². The molecule has 0 atom stereocenters. The molecular weight excluding hydrogens is 220 g/mol. The van der Waals surface area contributed by atoms with Gasteiger partial charge in [0.15, 0.2) is 5.82 Å². The van der Waals surface area contributed by atoms with E-state index in [0.717, 1.165) is 5.69 Å². The van der Waals surface area contributed by atoms with Crippen LogP contribution in [-0.4, -0.2) is 30.7 Å². The van der Waals surface area contributed by atoms with E-state index in [-0.39, 0.29) is 5.54 Å². The highest BCUT2D eigenvalue weighted by Gasteiger charge is 2.10. The molecule has 7 heteroatoms. The largest absolute Gasteiger partial charge is 0.343 e. The summed E-state index contributed by atoms with van der Waals surface area (Å²) >= 11 is 0. The van der Waals surface area contributed by atoms with E-state index in [1.54, 1.807) is 4.68 Å². The second-order valence-corrected chi connectivity index (χ2v) is 4.86. The third-order valence-corrected chi connectivity index (χ3v) is 2.10. The Morgan fingerprint density at radius 2 is 2.24 bits per heavy atom. The maximum Gasteiger partial charge on any atom is 0.213 e. The Morgan fingerprint density at radius 3 is 2.88 bits per heavy atom. The second kappa shape index (κ2) is 4.62. The van der Waals surface area contributed by atoms with E-state index in [1.165, 1.54) is 6.39 Å². The minimum absolute atomic E-state index is 0.0669. The summed E-state index contributed by atoms with van der Waals surface area (Å²) in [6, 6.07) is 0. The quantitative estimate of drug-likeness (QED) is 0.837. The van der Waals surface area contributed by atoms with Gasteiger partial charge in [-0.05, 0) is 20.8 Å². The molecule has 0 unspecified atom stereocenters. The monoisotopic (exact) mass is 236 g/mol. The van der Waals surface area contributed by atoms with Crippen LogP contribution in [0.3, 0.4) is 0 Å². The third-order valence-electron chi connectivity index (χ3n) is 2.10. The Hall–Kier alpha value is -1.76. The van der Waals surface area contributed by atoms with Crippen LogP contribution in [0, 0.1) is 0 Å². The molecule has 2 rings (SSSR count). The normalized spacial score (nSPS) is 11.9. The average Bonchev–Trinajstić information content (AvgIpc) is 2.86. The van der Waals surface area contributed by atoms with Crippen molar-refractivity contribution in [2.75, 3.05) is 0 Å². The van der Waals surface area contributed by atoms with Crippen LogP contribution >= 0.6 is 0 Å². The summed E-state index contributed by atoms with van der Waals surface area (Å²) in [6.07, 6.45) is 3.17. The van der Waals surface area contributed by atoms with Crippen LogP contribution in [0.4, 0.5) is 0 Å². The van der Waals surface area contributed by atoms with Gasteiger partial charge in [-0.2, -0.15) is 4.98 Å². The Bertz CT molecular complexity index is 455. The molecule has 0 aliphatic heterocycles. The average molecular weight is 236 g/mol. The van der Waals surface area contributed by atoms with E-state index >= 15 is 0 Å². The molecule has 17 heavy (non-hydrogen) atoms. The highest BCUT2D eigenvalue weighted by molar-refractivity contribution is 4.94. The van der Waals surface area contributed by atoms with Gasteiger partial charge >= 0.3 is 0 Å². The van der Waals surface area contributed by atoms with Crippen molar-refractivity contribution in [3.63, 3.8) is 0 Å². The van der Waals surface area contributed by atoms with E-state index in [9.17, 15) is 0 Å². The SMILES string of the molecule is CC(C)(C)NCc1cn(Cc2ncon2)nn1. The maximum absolute atomic E-state index is 4.65. The predicted molar refractivity (Wildman–Crippen MR) is 60.0 cm³/mol. The van der Waals surface area contributed by atoms with Crippen molar-refractivity contribution in [2.45, 2.75) is 39.4 Å². The Morgan fingerprint density at radius 1 is 1.41 bits per heavy atom. The van der Waals surface area contributed by atoms with E-state index in [4.69, 9.17) is 0 Å². The van der Waals surface area contributed by atoms with Gasteiger partial charge in [0, 0.05) is 12.1 Å². The van der Waals surface area contributed by atoms with Crippen molar-refractivity contribution in [3.8, 4) is 0 Å². The van der Waals surface area contributed by atoms with Crippen LogP contribution in [0.25, 0.3) is 0 Å². The Labute approximate surface area is 99.2 Å². The molecular formula is C10H16N6O. The fourth-order valence-corrected chi connectivity index (χ4v) is 1.26. The molecule has 0 saturated carbocycles. The first-order valence-electron chi connectivity index (χ1n) is 5.42. The minimum atomic E-state index is 0.0669. The van der Waals surface area contributed by atoms with Crippen LogP contribution in [0.5, 0.6) is 0 Å². The van der Waals surface area contributed by atoms with Crippen molar-refractivity contribution >= 4 is 0 Å². The fourth-order valence-electron chi connectivity index (χ4n) is 1.26. The molecule has 0 aliphatic rings. The Balaban J connectivity index is 1.92. The maximum atomic E-state index is 4.65. The fraction of sp³-hybridized carbons (Fsp3) is 0.600. The van der Waals surface area contributed by atoms with Gasteiger partial charge in [0.2, 0.25) is 6.39 Å². The molecule has 0 saturated heterocycles. The molecule has 7 nitrogen and oxygen atoms in total. The van der Waals surface area contributed by atoms with Crippen molar-refractivity contribution < 1.29 is 4.52 Å². The molecule has 0 spiro atoms. The first kappa shape index (κ1) is 11.7. The molecule has 0 radical (unpaired) electrons. The molecule has 0 fully saturated rings. The molecule has 0 bridgehead atoms. The van der Waals surface area contributed by atoms with Crippen LogP contribution in [0.2, 0.25) is 0 Å². The van der Waals surface area contributed by atoms with Crippen molar-refractivity contribution in [1.82, 2.24) is 30.5 Å². The molecule has 2 heterocycles. The summed E-state index contributed by atoms with van der Waals surface area (Å²) in [7, 11) is 0. The van der Waals surface area contributed by atoms with Crippen LogP contribution in [-0.2, 0) is 13.1 Å². The van der Waals surface area contributed by atoms with Gasteiger partial charge < -0.3 is 9.84 Å². The van der Waals surface area contributed by atoms with Crippen molar-refractivity contribution in [3.05, 3.63) is 24.1 Å². The Kier molecular flexibility index (Phi) is 3.19. The summed E-state index contributed by atoms with van der Waals surface area (Å²) < 4.78 is 6.34. The zero-order chi connectivity index (χ0) is 12.3.